The number of alkyl halides is 3. The first-order valence-corrected chi connectivity index (χ1v) is 11.6. The van der Waals surface area contributed by atoms with Gasteiger partial charge in [0.1, 0.15) is 17.7 Å². The summed E-state index contributed by atoms with van der Waals surface area (Å²) in [6, 6.07) is 8.78. The number of amides is 2. The minimum absolute atomic E-state index is 0.0840. The van der Waals surface area contributed by atoms with Crippen molar-refractivity contribution in [3.8, 4) is 11.1 Å². The molecule has 38 heavy (non-hydrogen) atoms. The van der Waals surface area contributed by atoms with Crippen LogP contribution in [-0.4, -0.2) is 51.8 Å². The Morgan fingerprint density at radius 2 is 1.79 bits per heavy atom. The fourth-order valence-corrected chi connectivity index (χ4v) is 4.49. The molecule has 4 aromatic rings. The third-order valence-electron chi connectivity index (χ3n) is 6.32. The number of benzene rings is 2. The number of anilines is 3. The third-order valence-corrected chi connectivity index (χ3v) is 6.32. The second-order valence-corrected chi connectivity index (χ2v) is 8.73. The van der Waals surface area contributed by atoms with Crippen LogP contribution in [0.15, 0.2) is 54.9 Å². The van der Waals surface area contributed by atoms with Crippen molar-refractivity contribution in [1.82, 2.24) is 19.5 Å². The maximum atomic E-state index is 14.6. The molecule has 0 unspecified atom stereocenters. The van der Waals surface area contributed by atoms with E-state index in [1.807, 2.05) is 6.07 Å². The smallest absolute Gasteiger partial charge is 0.382 e. The summed E-state index contributed by atoms with van der Waals surface area (Å²) in [6.07, 6.45) is -3.36. The number of primary amides is 1. The number of urea groups is 1. The number of aromatic nitrogens is 3. The van der Waals surface area contributed by atoms with Gasteiger partial charge in [-0.2, -0.15) is 18.3 Å². The molecular weight excluding hydrogens is 506 g/mol. The fraction of sp³-hybridized carbons (Fsp3) is 0.240. The predicted molar refractivity (Wildman–Crippen MR) is 132 cm³/mol. The summed E-state index contributed by atoms with van der Waals surface area (Å²) >= 11 is 0. The van der Waals surface area contributed by atoms with Crippen molar-refractivity contribution in [1.29, 1.82) is 0 Å². The molecule has 2 amide bonds. The van der Waals surface area contributed by atoms with Crippen molar-refractivity contribution < 1.29 is 27.1 Å². The molecular formula is C25H23F4N7O2. The van der Waals surface area contributed by atoms with E-state index in [2.05, 4.69) is 15.0 Å². The molecule has 0 bridgehead atoms. The van der Waals surface area contributed by atoms with Crippen LogP contribution in [0.1, 0.15) is 11.3 Å². The number of fused-ring (bicyclic) bond motifs is 1. The lowest BCUT2D eigenvalue weighted by molar-refractivity contribution is -0.137. The minimum atomic E-state index is -4.73. The number of ether oxygens (including phenoxy) is 1. The van der Waals surface area contributed by atoms with Crippen molar-refractivity contribution in [2.24, 2.45) is 5.73 Å². The van der Waals surface area contributed by atoms with Crippen molar-refractivity contribution in [3.63, 3.8) is 0 Å². The third kappa shape index (κ3) is 4.85. The molecule has 2 aromatic carbocycles. The van der Waals surface area contributed by atoms with Crippen LogP contribution in [0.4, 0.5) is 39.5 Å². The Morgan fingerprint density at radius 1 is 1.08 bits per heavy atom. The zero-order chi connectivity index (χ0) is 27.0. The summed E-state index contributed by atoms with van der Waals surface area (Å²) in [4.78, 5) is 19.3. The summed E-state index contributed by atoms with van der Waals surface area (Å²) in [6.45, 7) is 3.41. The van der Waals surface area contributed by atoms with Gasteiger partial charge < -0.3 is 16.2 Å². The monoisotopic (exact) mass is 529 g/mol. The zero-order valence-corrected chi connectivity index (χ0v) is 20.0. The summed E-state index contributed by atoms with van der Waals surface area (Å²) in [5.74, 6) is -0.769. The quantitative estimate of drug-likeness (QED) is 0.375. The van der Waals surface area contributed by atoms with Gasteiger partial charge in [0, 0.05) is 25.2 Å². The first-order chi connectivity index (χ1) is 18.1. The molecule has 1 aliphatic rings. The first-order valence-electron chi connectivity index (χ1n) is 11.6. The van der Waals surface area contributed by atoms with Crippen LogP contribution in [0.2, 0.25) is 0 Å². The van der Waals surface area contributed by atoms with E-state index in [1.165, 1.54) is 18.5 Å². The Morgan fingerprint density at radius 3 is 2.45 bits per heavy atom. The minimum Gasteiger partial charge on any atom is -0.382 e. The standard InChI is InChI=1S/C25H23F4N7O2/c26-20-6-3-16(25(27,28)29)11-21(20)35(24(31)37)17-4-1-15(2-5-17)19-12-18(13-34-7-9-38-10-8-34)36-22(19)23(30)32-14-33-36/h1-6,11-12,14H,7-10,13H2,(H2,31,37)(H2,30,32,33). The number of carbonyl (C=O) groups excluding carboxylic acids is 1. The second-order valence-electron chi connectivity index (χ2n) is 8.73. The van der Waals surface area contributed by atoms with E-state index >= 15 is 0 Å². The predicted octanol–water partition coefficient (Wildman–Crippen LogP) is 4.19. The van der Waals surface area contributed by atoms with Gasteiger partial charge in [-0.1, -0.05) is 12.1 Å². The lowest BCUT2D eigenvalue weighted by Crippen LogP contribution is -2.36. The number of nitrogens with zero attached hydrogens (tertiary/aromatic N) is 5. The highest BCUT2D eigenvalue weighted by atomic mass is 19.4. The molecule has 9 nitrogen and oxygen atoms in total. The molecule has 0 saturated carbocycles. The van der Waals surface area contributed by atoms with Crippen LogP contribution in [0, 0.1) is 5.82 Å². The van der Waals surface area contributed by atoms with E-state index in [0.717, 1.165) is 18.8 Å². The van der Waals surface area contributed by atoms with Crippen molar-refractivity contribution in [3.05, 3.63) is 71.9 Å². The molecule has 1 aliphatic heterocycles. The van der Waals surface area contributed by atoms with Crippen LogP contribution in [0.5, 0.6) is 0 Å². The summed E-state index contributed by atoms with van der Waals surface area (Å²) in [7, 11) is 0. The molecule has 1 saturated heterocycles. The first kappa shape index (κ1) is 25.4. The molecule has 4 N–H and O–H groups in total. The average molecular weight is 529 g/mol. The Bertz CT molecular complexity index is 1480. The Hall–Kier alpha value is -4.23. The van der Waals surface area contributed by atoms with Gasteiger partial charge in [-0.15, -0.1) is 0 Å². The molecule has 13 heteroatoms. The molecule has 0 radical (unpaired) electrons. The molecule has 1 fully saturated rings. The normalized spacial score (nSPS) is 14.6. The topological polar surface area (TPSA) is 115 Å². The van der Waals surface area contributed by atoms with Gasteiger partial charge in [0.05, 0.1) is 35.8 Å². The molecule has 0 atom stereocenters. The number of hydrogen-bond donors (Lipinski definition) is 2. The van der Waals surface area contributed by atoms with Gasteiger partial charge in [0.2, 0.25) is 0 Å². The molecule has 198 valence electrons. The Labute approximate surface area is 214 Å². The van der Waals surface area contributed by atoms with Gasteiger partial charge in [-0.3, -0.25) is 9.80 Å². The molecule has 3 heterocycles. The lowest BCUT2D eigenvalue weighted by atomic mass is 10.1. The highest BCUT2D eigenvalue weighted by Crippen LogP contribution is 2.37. The van der Waals surface area contributed by atoms with Gasteiger partial charge in [-0.05, 0) is 42.0 Å². The van der Waals surface area contributed by atoms with E-state index in [9.17, 15) is 22.4 Å². The number of hydrogen-bond acceptors (Lipinski definition) is 6. The van der Waals surface area contributed by atoms with Crippen molar-refractivity contribution >= 4 is 28.7 Å². The lowest BCUT2D eigenvalue weighted by Gasteiger charge is -2.26. The van der Waals surface area contributed by atoms with Crippen LogP contribution in [0.25, 0.3) is 16.6 Å². The van der Waals surface area contributed by atoms with Crippen LogP contribution >= 0.6 is 0 Å². The summed E-state index contributed by atoms with van der Waals surface area (Å²) in [5.41, 5.74) is 12.9. The van der Waals surface area contributed by atoms with Crippen molar-refractivity contribution in [2.45, 2.75) is 12.7 Å². The molecule has 2 aromatic heterocycles. The number of carbonyl (C=O) groups is 1. The Kier molecular flexibility index (Phi) is 6.63. The number of nitrogens with two attached hydrogens (primary N) is 2. The van der Waals surface area contributed by atoms with E-state index in [1.54, 1.807) is 16.6 Å². The van der Waals surface area contributed by atoms with Gasteiger partial charge >= 0.3 is 12.2 Å². The van der Waals surface area contributed by atoms with Gasteiger partial charge in [0.15, 0.2) is 5.82 Å². The van der Waals surface area contributed by atoms with Gasteiger partial charge in [-0.25, -0.2) is 18.7 Å². The molecule has 0 spiro atoms. The fourth-order valence-electron chi connectivity index (χ4n) is 4.49. The summed E-state index contributed by atoms with van der Waals surface area (Å²) < 4.78 is 61.4. The zero-order valence-electron chi connectivity index (χ0n) is 20.0. The Balaban J connectivity index is 1.53. The largest absolute Gasteiger partial charge is 0.416 e. The number of morpholine rings is 1. The molecule has 0 aliphatic carbocycles. The van der Waals surface area contributed by atoms with Crippen LogP contribution in [-0.2, 0) is 17.5 Å². The van der Waals surface area contributed by atoms with E-state index in [-0.39, 0.29) is 11.5 Å². The van der Waals surface area contributed by atoms with E-state index in [4.69, 9.17) is 16.2 Å². The summed E-state index contributed by atoms with van der Waals surface area (Å²) in [5, 5.41) is 4.36. The number of halogens is 4. The van der Waals surface area contributed by atoms with E-state index < -0.39 is 29.3 Å². The van der Waals surface area contributed by atoms with Crippen LogP contribution in [0.3, 0.4) is 0 Å². The van der Waals surface area contributed by atoms with E-state index in [0.29, 0.717) is 59.5 Å². The second kappa shape index (κ2) is 9.91. The van der Waals surface area contributed by atoms with Crippen LogP contribution < -0.4 is 16.4 Å². The average Bonchev–Trinajstić information content (AvgIpc) is 3.25. The maximum Gasteiger partial charge on any atom is 0.416 e. The van der Waals surface area contributed by atoms with Gasteiger partial charge in [0.25, 0.3) is 0 Å². The number of nitrogen functional groups attached to an aromatic ring is 1. The SMILES string of the molecule is NC(=O)N(c1ccc(-c2cc(CN3CCOCC3)n3ncnc(N)c23)cc1)c1cc(C(F)(F)F)ccc1F. The number of rotatable bonds is 5. The highest BCUT2D eigenvalue weighted by molar-refractivity contribution is 5.99. The van der Waals surface area contributed by atoms with Crippen molar-refractivity contribution in [2.75, 3.05) is 36.9 Å². The highest BCUT2D eigenvalue weighted by Gasteiger charge is 2.32. The maximum absolute atomic E-state index is 14.6. The molecule has 5 rings (SSSR count).